The van der Waals surface area contributed by atoms with E-state index in [2.05, 4.69) is 32.5 Å². The lowest BCUT2D eigenvalue weighted by Crippen LogP contribution is -2.27. The van der Waals surface area contributed by atoms with E-state index < -0.39 is 0 Å². The third-order valence-electron chi connectivity index (χ3n) is 3.17. The molecule has 1 aromatic rings. The number of anilines is 2. The Labute approximate surface area is 118 Å². The molecule has 0 bridgehead atoms. The fourth-order valence-electron chi connectivity index (χ4n) is 2.29. The van der Waals surface area contributed by atoms with Crippen LogP contribution in [0.5, 0.6) is 6.01 Å². The summed E-state index contributed by atoms with van der Waals surface area (Å²) < 4.78 is 5.09. The molecule has 0 saturated heterocycles. The Morgan fingerprint density at radius 3 is 2.74 bits per heavy atom. The Morgan fingerprint density at radius 1 is 1.26 bits per heavy atom. The van der Waals surface area contributed by atoms with Crippen LogP contribution in [-0.4, -0.2) is 46.2 Å². The highest BCUT2D eigenvalue weighted by atomic mass is 32.2. The number of nitrogens with one attached hydrogen (secondary N) is 2. The minimum Gasteiger partial charge on any atom is -0.467 e. The number of nitrogens with zero attached hydrogens (tertiary/aromatic N) is 3. The van der Waals surface area contributed by atoms with Gasteiger partial charge in [-0.15, -0.1) is 0 Å². The molecule has 0 aliphatic heterocycles. The van der Waals surface area contributed by atoms with Crippen molar-refractivity contribution in [2.24, 2.45) is 0 Å². The van der Waals surface area contributed by atoms with Crippen molar-refractivity contribution in [3.05, 3.63) is 0 Å². The first kappa shape index (κ1) is 14.2. The van der Waals surface area contributed by atoms with Crippen LogP contribution >= 0.6 is 11.8 Å². The van der Waals surface area contributed by atoms with Gasteiger partial charge in [-0.1, -0.05) is 13.3 Å². The van der Waals surface area contributed by atoms with Crippen LogP contribution in [0.15, 0.2) is 0 Å². The van der Waals surface area contributed by atoms with Gasteiger partial charge < -0.3 is 15.4 Å². The van der Waals surface area contributed by atoms with Gasteiger partial charge >= 0.3 is 6.01 Å². The Morgan fingerprint density at radius 2 is 2.05 bits per heavy atom. The van der Waals surface area contributed by atoms with Gasteiger partial charge in [-0.05, 0) is 18.6 Å². The maximum atomic E-state index is 5.09. The lowest BCUT2D eigenvalue weighted by molar-refractivity contribution is 0.379. The van der Waals surface area contributed by atoms with E-state index in [-0.39, 0.29) is 0 Å². The molecule has 1 aliphatic carbocycles. The van der Waals surface area contributed by atoms with E-state index in [0.29, 0.717) is 29.2 Å². The number of aromatic nitrogens is 3. The van der Waals surface area contributed by atoms with Crippen molar-refractivity contribution in [1.82, 2.24) is 15.0 Å². The van der Waals surface area contributed by atoms with E-state index in [1.54, 1.807) is 14.2 Å². The van der Waals surface area contributed by atoms with Gasteiger partial charge in [0.2, 0.25) is 11.9 Å². The van der Waals surface area contributed by atoms with Crippen LogP contribution in [0.2, 0.25) is 0 Å². The molecule has 1 fully saturated rings. The van der Waals surface area contributed by atoms with Crippen LogP contribution in [0.1, 0.15) is 26.2 Å². The Hall–Kier alpha value is -1.24. The predicted molar refractivity (Wildman–Crippen MR) is 79.1 cm³/mol. The summed E-state index contributed by atoms with van der Waals surface area (Å²) in [6.07, 6.45) is 3.69. The zero-order valence-electron chi connectivity index (χ0n) is 11.6. The van der Waals surface area contributed by atoms with Crippen molar-refractivity contribution >= 4 is 23.7 Å². The summed E-state index contributed by atoms with van der Waals surface area (Å²) in [6, 6.07) is 0.765. The summed E-state index contributed by atoms with van der Waals surface area (Å²) in [5, 5.41) is 6.98. The number of methoxy groups -OCH3 is 1. The quantitative estimate of drug-likeness (QED) is 0.827. The Kier molecular flexibility index (Phi) is 5.07. The molecule has 7 heteroatoms. The van der Waals surface area contributed by atoms with Gasteiger partial charge in [0, 0.05) is 18.3 Å². The molecule has 1 heterocycles. The molecule has 106 valence electrons. The fraction of sp³-hybridized carbons (Fsp3) is 0.750. The molecule has 1 saturated carbocycles. The van der Waals surface area contributed by atoms with Crippen LogP contribution in [0.25, 0.3) is 0 Å². The largest absolute Gasteiger partial charge is 0.467 e. The Bertz CT molecular complexity index is 395. The molecule has 2 rings (SSSR count). The number of hydrogen-bond donors (Lipinski definition) is 2. The molecule has 19 heavy (non-hydrogen) atoms. The fourth-order valence-corrected chi connectivity index (χ4v) is 3.49. The highest BCUT2D eigenvalue weighted by molar-refractivity contribution is 7.99. The molecule has 6 nitrogen and oxygen atoms in total. The molecule has 2 N–H and O–H groups in total. The monoisotopic (exact) mass is 283 g/mol. The summed E-state index contributed by atoms with van der Waals surface area (Å²) in [5.74, 6) is 2.25. The first-order chi connectivity index (χ1) is 9.26. The van der Waals surface area contributed by atoms with Crippen molar-refractivity contribution in [2.45, 2.75) is 37.5 Å². The highest BCUT2D eigenvalue weighted by Gasteiger charge is 2.27. The highest BCUT2D eigenvalue weighted by Crippen LogP contribution is 2.31. The number of hydrogen-bond acceptors (Lipinski definition) is 7. The topological polar surface area (TPSA) is 72.0 Å². The molecule has 1 aliphatic rings. The maximum Gasteiger partial charge on any atom is 0.322 e. The smallest absolute Gasteiger partial charge is 0.322 e. The molecule has 0 spiro atoms. The van der Waals surface area contributed by atoms with E-state index in [4.69, 9.17) is 4.74 Å². The molecule has 2 unspecified atom stereocenters. The van der Waals surface area contributed by atoms with E-state index in [9.17, 15) is 0 Å². The molecule has 0 aromatic carbocycles. The minimum absolute atomic E-state index is 0.333. The van der Waals surface area contributed by atoms with E-state index in [0.717, 1.165) is 5.75 Å². The SMILES string of the molecule is CCSC1CCCC1Nc1nc(NC)nc(OC)n1. The second kappa shape index (κ2) is 6.79. The second-order valence-corrected chi connectivity index (χ2v) is 5.91. The third-order valence-corrected chi connectivity index (χ3v) is 4.49. The van der Waals surface area contributed by atoms with Gasteiger partial charge in [-0.25, -0.2) is 0 Å². The predicted octanol–water partition coefficient (Wildman–Crippen LogP) is 2.01. The summed E-state index contributed by atoms with van der Waals surface area (Å²) in [5.41, 5.74) is 0. The molecule has 2 atom stereocenters. The average Bonchev–Trinajstić information content (AvgIpc) is 2.86. The van der Waals surface area contributed by atoms with Crippen LogP contribution < -0.4 is 15.4 Å². The van der Waals surface area contributed by atoms with Gasteiger partial charge in [0.05, 0.1) is 7.11 Å². The lowest BCUT2D eigenvalue weighted by Gasteiger charge is -2.20. The zero-order chi connectivity index (χ0) is 13.7. The van der Waals surface area contributed by atoms with Crippen LogP contribution in [0.4, 0.5) is 11.9 Å². The Balaban J connectivity index is 2.09. The minimum atomic E-state index is 0.333. The average molecular weight is 283 g/mol. The van der Waals surface area contributed by atoms with Crippen LogP contribution in [-0.2, 0) is 0 Å². The van der Waals surface area contributed by atoms with E-state index in [1.165, 1.54) is 19.3 Å². The van der Waals surface area contributed by atoms with Crippen molar-refractivity contribution in [2.75, 3.05) is 30.5 Å². The summed E-state index contributed by atoms with van der Waals surface area (Å²) in [7, 11) is 3.34. The first-order valence-corrected chi connectivity index (χ1v) is 7.67. The van der Waals surface area contributed by atoms with Crippen molar-refractivity contribution in [1.29, 1.82) is 0 Å². The van der Waals surface area contributed by atoms with Gasteiger partial charge in [0.25, 0.3) is 0 Å². The van der Waals surface area contributed by atoms with E-state index in [1.807, 2.05) is 11.8 Å². The van der Waals surface area contributed by atoms with E-state index >= 15 is 0 Å². The summed E-state index contributed by atoms with van der Waals surface area (Å²) in [4.78, 5) is 12.7. The van der Waals surface area contributed by atoms with Gasteiger partial charge in [0.1, 0.15) is 0 Å². The number of rotatable bonds is 6. The third kappa shape index (κ3) is 3.62. The van der Waals surface area contributed by atoms with Crippen molar-refractivity contribution < 1.29 is 4.74 Å². The molecular formula is C12H21N5OS. The lowest BCUT2D eigenvalue weighted by atomic mass is 10.2. The maximum absolute atomic E-state index is 5.09. The number of ether oxygens (including phenoxy) is 1. The number of thioether (sulfide) groups is 1. The van der Waals surface area contributed by atoms with Gasteiger partial charge in [0.15, 0.2) is 0 Å². The van der Waals surface area contributed by atoms with Crippen molar-refractivity contribution in [3.8, 4) is 6.01 Å². The van der Waals surface area contributed by atoms with Crippen molar-refractivity contribution in [3.63, 3.8) is 0 Å². The molecular weight excluding hydrogens is 262 g/mol. The summed E-state index contributed by atoms with van der Waals surface area (Å²) in [6.45, 7) is 2.20. The van der Waals surface area contributed by atoms with Gasteiger partial charge in [-0.2, -0.15) is 26.7 Å². The van der Waals surface area contributed by atoms with Crippen LogP contribution in [0.3, 0.4) is 0 Å². The van der Waals surface area contributed by atoms with Gasteiger partial charge in [-0.3, -0.25) is 0 Å². The molecule has 0 amide bonds. The standard InChI is InChI=1S/C12H21N5OS/c1-4-19-9-7-5-6-8(9)14-11-15-10(13-2)16-12(17-11)18-3/h8-9H,4-7H2,1-3H3,(H2,13,14,15,16,17). The zero-order valence-corrected chi connectivity index (χ0v) is 12.5. The summed E-state index contributed by atoms with van der Waals surface area (Å²) >= 11 is 2.01. The molecule has 0 radical (unpaired) electrons. The van der Waals surface area contributed by atoms with Crippen LogP contribution in [0, 0.1) is 0 Å². The molecule has 1 aromatic heterocycles. The second-order valence-electron chi connectivity index (χ2n) is 4.39. The first-order valence-electron chi connectivity index (χ1n) is 6.62. The normalized spacial score (nSPS) is 22.3.